The van der Waals surface area contributed by atoms with Crippen LogP contribution < -0.4 is 4.89 Å². The Morgan fingerprint density at radius 1 is 0.871 bits per heavy atom. The molecule has 31 heavy (non-hydrogen) atoms. The lowest BCUT2D eigenvalue weighted by Crippen LogP contribution is -2.12. The average Bonchev–Trinajstić information content (AvgIpc) is 2.77. The van der Waals surface area contributed by atoms with Gasteiger partial charge in [0.2, 0.25) is 0 Å². The normalized spacial score (nSPS) is 13.4. The molecule has 0 amide bonds. The number of hydrogen-bond donors (Lipinski definition) is 1. The average molecular weight is 456 g/mol. The molecular formula is C22H33O8P. The van der Waals surface area contributed by atoms with Gasteiger partial charge in [-0.1, -0.05) is 54.4 Å². The van der Waals surface area contributed by atoms with Gasteiger partial charge in [-0.2, -0.15) is 0 Å². The van der Waals surface area contributed by atoms with Crippen molar-refractivity contribution in [1.82, 2.24) is 0 Å². The first kappa shape index (κ1) is 25.7. The van der Waals surface area contributed by atoms with Crippen LogP contribution in [0.3, 0.4) is 0 Å². The van der Waals surface area contributed by atoms with Crippen molar-refractivity contribution in [2.24, 2.45) is 0 Å². The van der Waals surface area contributed by atoms with E-state index in [4.69, 9.17) is 28.3 Å². The first-order valence-electron chi connectivity index (χ1n) is 10.6. The second kappa shape index (κ2) is 14.5. The van der Waals surface area contributed by atoms with Crippen molar-refractivity contribution < 1.29 is 37.8 Å². The van der Waals surface area contributed by atoms with E-state index in [2.05, 4.69) is 6.92 Å². The van der Waals surface area contributed by atoms with Gasteiger partial charge in [0.25, 0.3) is 0 Å². The number of hydrogen-bond acceptors (Lipinski definition) is 7. The Balaban J connectivity index is 1.78. The molecule has 0 radical (unpaired) electrons. The maximum Gasteiger partial charge on any atom is 0.508 e. The monoisotopic (exact) mass is 456 g/mol. The first-order valence-corrected chi connectivity index (χ1v) is 12.1. The molecule has 1 N–H and O–H groups in total. The van der Waals surface area contributed by atoms with Crippen LogP contribution in [0.15, 0.2) is 36.4 Å². The Morgan fingerprint density at radius 3 is 2.26 bits per heavy atom. The highest BCUT2D eigenvalue weighted by atomic mass is 31.2. The van der Waals surface area contributed by atoms with E-state index in [9.17, 15) is 9.46 Å². The summed E-state index contributed by atoms with van der Waals surface area (Å²) in [4.78, 5) is 15.3. The van der Waals surface area contributed by atoms with Crippen LogP contribution >= 0.6 is 7.82 Å². The van der Waals surface area contributed by atoms with E-state index in [-0.39, 0.29) is 13.2 Å². The number of phosphoric acid groups is 1. The molecule has 2 rings (SSSR count). The highest BCUT2D eigenvalue weighted by Crippen LogP contribution is 2.44. The standard InChI is InChI=1S/C22H33O8P/c1-3-5-8-20-12-11-19-9-6-7-10-21(19)22(20)29-30-31(23,24)28-18-17-27-16-15-26-14-13-25-4-2/h6-7,9-12H,3-5,8,13-18H2,1-2H3,(H,23,24). The highest BCUT2D eigenvalue weighted by molar-refractivity contribution is 7.47. The number of unbranched alkanes of at least 4 members (excludes halogenated alkanes) is 1. The lowest BCUT2D eigenvalue weighted by Gasteiger charge is -2.15. The van der Waals surface area contributed by atoms with Crippen LogP contribution in [0, 0.1) is 0 Å². The molecule has 0 saturated carbocycles. The Bertz CT molecular complexity index is 813. The SMILES string of the molecule is CCCCc1ccc2ccccc2c1OOP(=O)(O)OCCOCCOCCOCC. The second-order valence-corrected chi connectivity index (χ2v) is 8.10. The lowest BCUT2D eigenvalue weighted by molar-refractivity contribution is -0.128. The van der Waals surface area contributed by atoms with Crippen molar-refractivity contribution in [3.8, 4) is 5.75 Å². The third kappa shape index (κ3) is 9.66. The fourth-order valence-electron chi connectivity index (χ4n) is 2.85. The third-order valence-corrected chi connectivity index (χ3v) is 5.18. The van der Waals surface area contributed by atoms with E-state index in [0.717, 1.165) is 35.6 Å². The molecule has 0 aliphatic heterocycles. The molecule has 9 heteroatoms. The quantitative estimate of drug-likeness (QED) is 0.159. The second-order valence-electron chi connectivity index (χ2n) is 6.76. The summed E-state index contributed by atoms with van der Waals surface area (Å²) < 4.78 is 37.7. The molecule has 1 atom stereocenters. The third-order valence-electron chi connectivity index (χ3n) is 4.41. The summed E-state index contributed by atoms with van der Waals surface area (Å²) in [6.07, 6.45) is 2.76. The van der Waals surface area contributed by atoms with Crippen LogP contribution in [-0.2, 0) is 34.4 Å². The molecule has 1 unspecified atom stereocenters. The van der Waals surface area contributed by atoms with E-state index in [1.54, 1.807) is 0 Å². The Morgan fingerprint density at radius 2 is 1.55 bits per heavy atom. The van der Waals surface area contributed by atoms with Crippen molar-refractivity contribution in [2.45, 2.75) is 33.1 Å². The summed E-state index contributed by atoms with van der Waals surface area (Å²) in [6.45, 7) is 6.48. The van der Waals surface area contributed by atoms with Crippen LogP contribution in [0.2, 0.25) is 0 Å². The van der Waals surface area contributed by atoms with Crippen LogP contribution in [0.4, 0.5) is 0 Å². The van der Waals surface area contributed by atoms with Gasteiger partial charge >= 0.3 is 7.82 Å². The summed E-state index contributed by atoms with van der Waals surface area (Å²) in [5, 5.41) is 1.76. The summed E-state index contributed by atoms with van der Waals surface area (Å²) >= 11 is 0. The largest absolute Gasteiger partial charge is 0.508 e. The van der Waals surface area contributed by atoms with Gasteiger partial charge in [-0.05, 0) is 30.7 Å². The minimum atomic E-state index is -4.41. The molecule has 0 saturated heterocycles. The first-order chi connectivity index (χ1) is 15.1. The van der Waals surface area contributed by atoms with Gasteiger partial charge in [-0.15, -0.1) is 0 Å². The van der Waals surface area contributed by atoms with Crippen molar-refractivity contribution in [3.05, 3.63) is 42.0 Å². The number of rotatable bonds is 17. The Hall–Kier alpha value is -1.51. The highest BCUT2D eigenvalue weighted by Gasteiger charge is 2.25. The number of phosphoric ester groups is 1. The van der Waals surface area contributed by atoms with Crippen LogP contribution in [0.5, 0.6) is 5.75 Å². The molecule has 0 fully saturated rings. The molecule has 0 bridgehead atoms. The van der Waals surface area contributed by atoms with Crippen molar-refractivity contribution in [2.75, 3.05) is 46.2 Å². The number of ether oxygens (including phenoxy) is 3. The minimum Gasteiger partial charge on any atom is -0.379 e. The topological polar surface area (TPSA) is 92.7 Å². The Labute approximate surface area is 183 Å². The van der Waals surface area contributed by atoms with E-state index in [1.165, 1.54) is 0 Å². The molecule has 0 aliphatic carbocycles. The lowest BCUT2D eigenvalue weighted by atomic mass is 10.0. The van der Waals surface area contributed by atoms with E-state index >= 15 is 0 Å². The molecule has 0 aliphatic rings. The molecule has 8 nitrogen and oxygen atoms in total. The number of benzene rings is 2. The van der Waals surface area contributed by atoms with E-state index in [1.807, 2.05) is 43.3 Å². The summed E-state index contributed by atoms with van der Waals surface area (Å²) in [7, 11) is -4.41. The van der Waals surface area contributed by atoms with Crippen LogP contribution in [0.1, 0.15) is 32.3 Å². The molecule has 174 valence electrons. The smallest absolute Gasteiger partial charge is 0.379 e. The predicted molar refractivity (Wildman–Crippen MR) is 118 cm³/mol. The Kier molecular flexibility index (Phi) is 12.1. The van der Waals surface area contributed by atoms with Gasteiger partial charge < -0.3 is 24.0 Å². The van der Waals surface area contributed by atoms with Gasteiger partial charge in [0.1, 0.15) is 0 Å². The zero-order chi connectivity index (χ0) is 22.4. The van der Waals surface area contributed by atoms with Gasteiger partial charge in [0, 0.05) is 12.0 Å². The molecule has 0 heterocycles. The van der Waals surface area contributed by atoms with Crippen molar-refractivity contribution in [1.29, 1.82) is 0 Å². The van der Waals surface area contributed by atoms with E-state index in [0.29, 0.717) is 38.8 Å². The summed E-state index contributed by atoms with van der Waals surface area (Å²) in [6, 6.07) is 11.6. The minimum absolute atomic E-state index is 0.117. The summed E-state index contributed by atoms with van der Waals surface area (Å²) in [5.74, 6) is 0.435. The van der Waals surface area contributed by atoms with Crippen molar-refractivity contribution >= 4 is 18.6 Å². The zero-order valence-corrected chi connectivity index (χ0v) is 19.2. The maximum absolute atomic E-state index is 12.2. The van der Waals surface area contributed by atoms with Gasteiger partial charge in [-0.25, -0.2) is 4.57 Å². The molecular weight excluding hydrogens is 423 g/mol. The number of aryl methyl sites for hydroxylation is 1. The predicted octanol–water partition coefficient (Wildman–Crippen LogP) is 4.68. The molecule has 2 aromatic rings. The van der Waals surface area contributed by atoms with Gasteiger partial charge in [0.15, 0.2) is 5.75 Å². The van der Waals surface area contributed by atoms with Crippen molar-refractivity contribution in [3.63, 3.8) is 0 Å². The zero-order valence-electron chi connectivity index (χ0n) is 18.3. The number of fused-ring (bicyclic) bond motifs is 1. The fourth-order valence-corrected chi connectivity index (χ4v) is 3.37. The fraction of sp³-hybridized carbons (Fsp3) is 0.545. The van der Waals surface area contributed by atoms with E-state index < -0.39 is 7.82 Å². The van der Waals surface area contributed by atoms with Crippen LogP contribution in [0.25, 0.3) is 10.8 Å². The van der Waals surface area contributed by atoms with Gasteiger partial charge in [-0.3, -0.25) is 4.52 Å². The molecule has 0 aromatic heterocycles. The molecule has 0 spiro atoms. The maximum atomic E-state index is 12.2. The van der Waals surface area contributed by atoms with Gasteiger partial charge in [0.05, 0.1) is 39.6 Å². The van der Waals surface area contributed by atoms with Crippen LogP contribution in [-0.4, -0.2) is 51.1 Å². The summed E-state index contributed by atoms with van der Waals surface area (Å²) in [5.41, 5.74) is 0.910. The molecule has 2 aromatic carbocycles.